The van der Waals surface area contributed by atoms with Crippen molar-refractivity contribution in [2.45, 2.75) is 39.3 Å². The molecule has 0 radical (unpaired) electrons. The largest absolute Gasteiger partial charge is 0.380 e. The molecular weight excluding hydrogens is 260 g/mol. The molecule has 1 aliphatic rings. The second-order valence-electron chi connectivity index (χ2n) is 6.20. The van der Waals surface area contributed by atoms with Gasteiger partial charge in [-0.05, 0) is 49.5 Å². The van der Waals surface area contributed by atoms with Crippen LogP contribution in [-0.2, 0) is 17.7 Å². The molecule has 0 aromatic heterocycles. The molecule has 0 saturated carbocycles. The number of nitrogens with zero attached hydrogens (tertiary/aromatic N) is 1. The Bertz CT molecular complexity index is 404. The maximum absolute atomic E-state index is 5.60. The van der Waals surface area contributed by atoms with Crippen LogP contribution < -0.4 is 5.32 Å². The number of likely N-dealkylation sites (tertiary alicyclic amines) is 1. The highest BCUT2D eigenvalue weighted by molar-refractivity contribution is 5.22. The molecule has 0 aliphatic carbocycles. The highest BCUT2D eigenvalue weighted by atomic mass is 16.5. The van der Waals surface area contributed by atoms with Crippen molar-refractivity contribution < 1.29 is 4.74 Å². The van der Waals surface area contributed by atoms with E-state index in [1.807, 2.05) is 7.11 Å². The molecule has 1 aromatic carbocycles. The first-order valence-electron chi connectivity index (χ1n) is 8.26. The zero-order valence-corrected chi connectivity index (χ0v) is 13.8. The van der Waals surface area contributed by atoms with Crippen molar-refractivity contribution in [1.29, 1.82) is 0 Å². The molecule has 1 saturated heterocycles. The minimum atomic E-state index is 0.387. The molecule has 1 N–H and O–H groups in total. The fourth-order valence-electron chi connectivity index (χ4n) is 3.03. The first kappa shape index (κ1) is 16.5. The van der Waals surface area contributed by atoms with Crippen LogP contribution in [0, 0.1) is 5.92 Å². The van der Waals surface area contributed by atoms with Gasteiger partial charge < -0.3 is 10.1 Å². The molecule has 1 fully saturated rings. The predicted octanol–water partition coefficient (Wildman–Crippen LogP) is 2.70. The summed E-state index contributed by atoms with van der Waals surface area (Å²) in [5.74, 6) is 0.680. The van der Waals surface area contributed by atoms with Crippen LogP contribution in [0.5, 0.6) is 0 Å². The average molecular weight is 290 g/mol. The maximum Gasteiger partial charge on any atom is 0.0724 e. The van der Waals surface area contributed by atoms with E-state index < -0.39 is 0 Å². The van der Waals surface area contributed by atoms with Crippen LogP contribution >= 0.6 is 0 Å². The molecule has 1 aliphatic heterocycles. The van der Waals surface area contributed by atoms with Gasteiger partial charge in [-0.25, -0.2) is 0 Å². The van der Waals surface area contributed by atoms with E-state index in [4.69, 9.17) is 4.74 Å². The van der Waals surface area contributed by atoms with E-state index in [1.165, 1.54) is 24.1 Å². The van der Waals surface area contributed by atoms with E-state index in [2.05, 4.69) is 48.3 Å². The van der Waals surface area contributed by atoms with Crippen LogP contribution in [-0.4, -0.2) is 44.3 Å². The third-order valence-corrected chi connectivity index (χ3v) is 4.55. The molecule has 2 rings (SSSR count). The van der Waals surface area contributed by atoms with Crippen molar-refractivity contribution in [3.05, 3.63) is 35.4 Å². The number of ether oxygens (including phenoxy) is 1. The summed E-state index contributed by atoms with van der Waals surface area (Å²) in [7, 11) is 1.84. The molecule has 1 aromatic rings. The van der Waals surface area contributed by atoms with Gasteiger partial charge in [0.25, 0.3) is 0 Å². The summed E-state index contributed by atoms with van der Waals surface area (Å²) < 4.78 is 5.60. The number of methoxy groups -OCH3 is 1. The molecular formula is C18H30N2O. The Morgan fingerprint density at radius 1 is 1.24 bits per heavy atom. The molecule has 2 atom stereocenters. The predicted molar refractivity (Wildman–Crippen MR) is 88.5 cm³/mol. The monoisotopic (exact) mass is 290 g/mol. The van der Waals surface area contributed by atoms with Gasteiger partial charge in [-0.3, -0.25) is 4.90 Å². The molecule has 0 bridgehead atoms. The second kappa shape index (κ2) is 8.52. The lowest BCUT2D eigenvalue weighted by Crippen LogP contribution is -2.43. The zero-order chi connectivity index (χ0) is 15.1. The standard InChI is InChI=1S/C18H30N2O/c1-4-19-11-9-16-5-7-17(8-6-16)13-20-12-10-15(2)18(14-20)21-3/h5-8,15,18-19H,4,9-14H2,1-3H3. The van der Waals surface area contributed by atoms with Crippen LogP contribution in [0.3, 0.4) is 0 Å². The van der Waals surface area contributed by atoms with Crippen LogP contribution in [0.25, 0.3) is 0 Å². The average Bonchev–Trinajstić information content (AvgIpc) is 2.51. The number of nitrogens with one attached hydrogen (secondary N) is 1. The Morgan fingerprint density at radius 2 is 1.95 bits per heavy atom. The van der Waals surface area contributed by atoms with Crippen LogP contribution in [0.4, 0.5) is 0 Å². The van der Waals surface area contributed by atoms with E-state index >= 15 is 0 Å². The maximum atomic E-state index is 5.60. The number of hydrogen-bond acceptors (Lipinski definition) is 3. The molecule has 118 valence electrons. The van der Waals surface area contributed by atoms with Gasteiger partial charge in [0.1, 0.15) is 0 Å². The Hall–Kier alpha value is -0.900. The Balaban J connectivity index is 1.82. The van der Waals surface area contributed by atoms with E-state index in [9.17, 15) is 0 Å². The van der Waals surface area contributed by atoms with Gasteiger partial charge >= 0.3 is 0 Å². The molecule has 21 heavy (non-hydrogen) atoms. The lowest BCUT2D eigenvalue weighted by molar-refractivity contribution is -0.00744. The Kier molecular flexibility index (Phi) is 6.68. The van der Waals surface area contributed by atoms with Gasteiger partial charge in [0.15, 0.2) is 0 Å². The number of hydrogen-bond donors (Lipinski definition) is 1. The zero-order valence-electron chi connectivity index (χ0n) is 13.8. The van der Waals surface area contributed by atoms with Crippen LogP contribution in [0.1, 0.15) is 31.4 Å². The smallest absolute Gasteiger partial charge is 0.0724 e. The SMILES string of the molecule is CCNCCc1ccc(CN2CCC(C)C(OC)C2)cc1. The molecule has 0 spiro atoms. The summed E-state index contributed by atoms with van der Waals surface area (Å²) in [4.78, 5) is 2.52. The lowest BCUT2D eigenvalue weighted by atomic mass is 9.95. The van der Waals surface area contributed by atoms with Gasteiger partial charge in [0.05, 0.1) is 6.10 Å². The lowest BCUT2D eigenvalue weighted by Gasteiger charge is -2.36. The first-order chi connectivity index (χ1) is 10.2. The van der Waals surface area contributed by atoms with Gasteiger partial charge in [-0.1, -0.05) is 38.1 Å². The van der Waals surface area contributed by atoms with Crippen molar-refractivity contribution in [2.24, 2.45) is 5.92 Å². The Labute approximate surface area is 129 Å². The fourth-order valence-corrected chi connectivity index (χ4v) is 3.03. The van der Waals surface area contributed by atoms with E-state index in [0.29, 0.717) is 12.0 Å². The van der Waals surface area contributed by atoms with Crippen LogP contribution in [0.15, 0.2) is 24.3 Å². The molecule has 3 nitrogen and oxygen atoms in total. The van der Waals surface area contributed by atoms with E-state index in [-0.39, 0.29) is 0 Å². The number of rotatable bonds is 7. The minimum Gasteiger partial charge on any atom is -0.380 e. The Morgan fingerprint density at radius 3 is 2.62 bits per heavy atom. The topological polar surface area (TPSA) is 24.5 Å². The second-order valence-corrected chi connectivity index (χ2v) is 6.20. The summed E-state index contributed by atoms with van der Waals surface area (Å²) in [5.41, 5.74) is 2.83. The summed E-state index contributed by atoms with van der Waals surface area (Å²) in [6.07, 6.45) is 2.73. The van der Waals surface area contributed by atoms with Crippen molar-refractivity contribution >= 4 is 0 Å². The van der Waals surface area contributed by atoms with Crippen molar-refractivity contribution in [3.8, 4) is 0 Å². The third kappa shape index (κ3) is 5.10. The number of piperidine rings is 1. The van der Waals surface area contributed by atoms with Gasteiger partial charge in [-0.2, -0.15) is 0 Å². The first-order valence-corrected chi connectivity index (χ1v) is 8.26. The summed E-state index contributed by atoms with van der Waals surface area (Å²) >= 11 is 0. The quantitative estimate of drug-likeness (QED) is 0.782. The van der Waals surface area contributed by atoms with Gasteiger partial charge in [0, 0.05) is 20.2 Å². The molecule has 2 unspecified atom stereocenters. The van der Waals surface area contributed by atoms with Gasteiger partial charge in [0.2, 0.25) is 0 Å². The van der Waals surface area contributed by atoms with E-state index in [0.717, 1.165) is 32.6 Å². The molecule has 1 heterocycles. The summed E-state index contributed by atoms with van der Waals surface area (Å²) in [5, 5.41) is 3.37. The van der Waals surface area contributed by atoms with E-state index in [1.54, 1.807) is 0 Å². The van der Waals surface area contributed by atoms with Crippen molar-refractivity contribution in [2.75, 3.05) is 33.3 Å². The van der Waals surface area contributed by atoms with Crippen molar-refractivity contribution in [1.82, 2.24) is 10.2 Å². The molecule has 0 amide bonds. The summed E-state index contributed by atoms with van der Waals surface area (Å²) in [6.45, 7) is 9.84. The fraction of sp³-hybridized carbons (Fsp3) is 0.667. The molecule has 3 heteroatoms. The number of benzene rings is 1. The van der Waals surface area contributed by atoms with Gasteiger partial charge in [-0.15, -0.1) is 0 Å². The highest BCUT2D eigenvalue weighted by Gasteiger charge is 2.25. The highest BCUT2D eigenvalue weighted by Crippen LogP contribution is 2.21. The minimum absolute atomic E-state index is 0.387. The number of likely N-dealkylation sites (N-methyl/N-ethyl adjacent to an activating group) is 1. The third-order valence-electron chi connectivity index (χ3n) is 4.55. The van der Waals surface area contributed by atoms with Crippen LogP contribution in [0.2, 0.25) is 0 Å². The van der Waals surface area contributed by atoms with Crippen molar-refractivity contribution in [3.63, 3.8) is 0 Å². The normalized spacial score (nSPS) is 23.4. The summed E-state index contributed by atoms with van der Waals surface area (Å²) in [6, 6.07) is 9.10.